The summed E-state index contributed by atoms with van der Waals surface area (Å²) in [6.07, 6.45) is -1.97. The van der Waals surface area contributed by atoms with E-state index in [1.807, 2.05) is 0 Å². The zero-order chi connectivity index (χ0) is 29.0. The summed E-state index contributed by atoms with van der Waals surface area (Å²) in [5.41, 5.74) is 0. The minimum atomic E-state index is -3.78. The number of aliphatic hydroxyl groups is 2. The van der Waals surface area contributed by atoms with Crippen molar-refractivity contribution in [2.75, 3.05) is 51.9 Å². The Bertz CT molecular complexity index is 848. The Labute approximate surface area is 233 Å². The van der Waals surface area contributed by atoms with Crippen LogP contribution >= 0.6 is 19.4 Å². The molecule has 2 aliphatic rings. The summed E-state index contributed by atoms with van der Waals surface area (Å²) in [5.74, 6) is -0.420. The lowest BCUT2D eigenvalue weighted by molar-refractivity contribution is -0.375. The zero-order valence-corrected chi connectivity index (χ0v) is 24.4. The van der Waals surface area contributed by atoms with E-state index < -0.39 is 37.5 Å². The number of ether oxygens (including phenoxy) is 2. The van der Waals surface area contributed by atoms with Crippen LogP contribution in [0.4, 0.5) is 0 Å². The first-order chi connectivity index (χ1) is 18.4. The third-order valence-corrected chi connectivity index (χ3v) is 7.89. The lowest BCUT2D eigenvalue weighted by Crippen LogP contribution is -2.61. The molecule has 3 amide bonds. The number of nitrogens with one attached hydrogen (secondary N) is 1. The molecule has 0 radical (unpaired) electrons. The van der Waals surface area contributed by atoms with E-state index in [0.717, 1.165) is 29.5 Å². The molecule has 0 aromatic carbocycles. The van der Waals surface area contributed by atoms with Crippen molar-refractivity contribution in [1.29, 1.82) is 0 Å². The third-order valence-electron chi connectivity index (χ3n) is 5.97. The molecule has 39 heavy (non-hydrogen) atoms. The SMILES string of the molecule is CCCCOCCNC(=O)CCN1C(=O)CC(SCCCON2C(O)C(C)OC(COP(C)(=O)O)C2O)C1=O. The first-order valence-electron chi connectivity index (χ1n) is 13.1. The normalized spacial score (nSPS) is 27.6. The Morgan fingerprint density at radius 3 is 2.64 bits per heavy atom. The number of hydrogen-bond donors (Lipinski definition) is 4. The van der Waals surface area contributed by atoms with E-state index in [-0.39, 0.29) is 50.3 Å². The van der Waals surface area contributed by atoms with E-state index in [9.17, 15) is 34.1 Å². The van der Waals surface area contributed by atoms with Gasteiger partial charge in [-0.2, -0.15) is 0 Å². The maximum Gasteiger partial charge on any atom is 0.325 e. The van der Waals surface area contributed by atoms with Crippen molar-refractivity contribution in [3.05, 3.63) is 0 Å². The maximum absolute atomic E-state index is 12.7. The second-order valence-corrected chi connectivity index (χ2v) is 12.5. The molecule has 6 unspecified atom stereocenters. The number of nitrogens with zero attached hydrogens (tertiary/aromatic N) is 2. The minimum absolute atomic E-state index is 0.0278. The van der Waals surface area contributed by atoms with Gasteiger partial charge in [0.1, 0.15) is 6.10 Å². The van der Waals surface area contributed by atoms with Gasteiger partial charge in [-0.15, -0.1) is 16.8 Å². The van der Waals surface area contributed by atoms with Gasteiger partial charge in [-0.05, 0) is 25.5 Å². The van der Waals surface area contributed by atoms with Gasteiger partial charge in [-0.3, -0.25) is 28.7 Å². The van der Waals surface area contributed by atoms with Gasteiger partial charge in [0, 0.05) is 39.2 Å². The second kappa shape index (κ2) is 17.0. The molecule has 2 rings (SSSR count). The van der Waals surface area contributed by atoms with Crippen molar-refractivity contribution in [2.24, 2.45) is 0 Å². The molecule has 2 aliphatic heterocycles. The monoisotopic (exact) mass is 599 g/mol. The summed E-state index contributed by atoms with van der Waals surface area (Å²) in [6.45, 7) is 5.82. The summed E-state index contributed by atoms with van der Waals surface area (Å²) in [5, 5.41) is 23.9. The van der Waals surface area contributed by atoms with Gasteiger partial charge in [0.15, 0.2) is 12.5 Å². The van der Waals surface area contributed by atoms with Crippen LogP contribution in [0, 0.1) is 0 Å². The van der Waals surface area contributed by atoms with Crippen LogP contribution in [0.5, 0.6) is 0 Å². The number of unbranched alkanes of at least 4 members (excludes halogenated alkanes) is 1. The van der Waals surface area contributed by atoms with Crippen LogP contribution in [0.2, 0.25) is 0 Å². The predicted octanol–water partition coefficient (Wildman–Crippen LogP) is 0.0497. The highest BCUT2D eigenvalue weighted by atomic mass is 32.2. The quantitative estimate of drug-likeness (QED) is 0.0942. The molecule has 6 atom stereocenters. The van der Waals surface area contributed by atoms with E-state index in [2.05, 4.69) is 12.2 Å². The maximum atomic E-state index is 12.7. The van der Waals surface area contributed by atoms with Crippen molar-refractivity contribution in [2.45, 2.75) is 75.9 Å². The number of rotatable bonds is 18. The highest BCUT2D eigenvalue weighted by molar-refractivity contribution is 8.00. The van der Waals surface area contributed by atoms with Crippen molar-refractivity contribution in [1.82, 2.24) is 15.3 Å². The molecule has 226 valence electrons. The first kappa shape index (κ1) is 34.1. The summed E-state index contributed by atoms with van der Waals surface area (Å²) in [6, 6.07) is 0. The lowest BCUT2D eigenvalue weighted by Gasteiger charge is -2.43. The number of carbonyl (C=O) groups excluding carboxylic acids is 3. The van der Waals surface area contributed by atoms with Gasteiger partial charge in [-0.1, -0.05) is 13.3 Å². The summed E-state index contributed by atoms with van der Waals surface area (Å²) >= 11 is 1.30. The molecule has 2 fully saturated rings. The molecule has 2 heterocycles. The lowest BCUT2D eigenvalue weighted by atomic mass is 10.2. The van der Waals surface area contributed by atoms with Gasteiger partial charge in [0.25, 0.3) is 0 Å². The highest BCUT2D eigenvalue weighted by Crippen LogP contribution is 2.37. The molecule has 4 N–H and O–H groups in total. The Balaban J connectivity index is 1.67. The number of likely N-dealkylation sites (tertiary alicyclic amines) is 1. The largest absolute Gasteiger partial charge is 0.380 e. The minimum Gasteiger partial charge on any atom is -0.380 e. The van der Waals surface area contributed by atoms with E-state index in [1.54, 1.807) is 6.92 Å². The zero-order valence-electron chi connectivity index (χ0n) is 22.7. The van der Waals surface area contributed by atoms with Crippen LogP contribution in [0.1, 0.15) is 46.0 Å². The number of aliphatic hydroxyl groups excluding tert-OH is 2. The van der Waals surface area contributed by atoms with Crippen molar-refractivity contribution in [3.63, 3.8) is 0 Å². The number of imide groups is 1. The Morgan fingerprint density at radius 1 is 1.21 bits per heavy atom. The van der Waals surface area contributed by atoms with Gasteiger partial charge in [-0.25, -0.2) is 0 Å². The van der Waals surface area contributed by atoms with Crippen molar-refractivity contribution >= 4 is 37.1 Å². The fourth-order valence-electron chi connectivity index (χ4n) is 3.82. The van der Waals surface area contributed by atoms with E-state index >= 15 is 0 Å². The molecule has 0 saturated carbocycles. The topological polar surface area (TPSA) is 184 Å². The summed E-state index contributed by atoms with van der Waals surface area (Å²) in [4.78, 5) is 52.9. The molecular formula is C23H42N3O11PS. The van der Waals surface area contributed by atoms with Gasteiger partial charge >= 0.3 is 7.60 Å². The molecule has 0 aliphatic carbocycles. The summed E-state index contributed by atoms with van der Waals surface area (Å²) in [7, 11) is -3.78. The van der Waals surface area contributed by atoms with E-state index in [0.29, 0.717) is 31.9 Å². The molecule has 2 saturated heterocycles. The predicted molar refractivity (Wildman–Crippen MR) is 141 cm³/mol. The number of thioether (sulfide) groups is 1. The van der Waals surface area contributed by atoms with Crippen LogP contribution in [-0.2, 0) is 37.8 Å². The molecule has 0 spiro atoms. The number of morpholine rings is 1. The second-order valence-electron chi connectivity index (χ2n) is 9.37. The average molecular weight is 600 g/mol. The molecule has 14 nitrogen and oxygen atoms in total. The molecule has 0 aromatic rings. The number of carbonyl (C=O) groups is 3. The Kier molecular flexibility index (Phi) is 14.8. The van der Waals surface area contributed by atoms with Crippen LogP contribution in [0.3, 0.4) is 0 Å². The molecular weight excluding hydrogens is 557 g/mol. The van der Waals surface area contributed by atoms with Crippen LogP contribution in [-0.4, -0.2) is 125 Å². The Morgan fingerprint density at radius 2 is 1.95 bits per heavy atom. The highest BCUT2D eigenvalue weighted by Gasteiger charge is 2.42. The smallest absolute Gasteiger partial charge is 0.325 e. The number of hydroxylamine groups is 2. The van der Waals surface area contributed by atoms with Gasteiger partial charge in [0.2, 0.25) is 17.7 Å². The van der Waals surface area contributed by atoms with Gasteiger partial charge < -0.3 is 34.4 Å². The van der Waals surface area contributed by atoms with E-state index in [4.69, 9.17) is 18.8 Å². The summed E-state index contributed by atoms with van der Waals surface area (Å²) < 4.78 is 27.0. The van der Waals surface area contributed by atoms with Crippen LogP contribution in [0.15, 0.2) is 0 Å². The Hall–Kier alpha value is -1.13. The van der Waals surface area contributed by atoms with Crippen LogP contribution < -0.4 is 5.32 Å². The molecule has 0 aromatic heterocycles. The average Bonchev–Trinajstić information content (AvgIpc) is 3.14. The molecule has 16 heteroatoms. The molecule has 0 bridgehead atoms. The van der Waals surface area contributed by atoms with Crippen molar-refractivity contribution in [3.8, 4) is 0 Å². The number of amides is 3. The van der Waals surface area contributed by atoms with Gasteiger partial charge in [0.05, 0.1) is 31.2 Å². The first-order valence-corrected chi connectivity index (χ1v) is 16.2. The standard InChI is InChI=1S/C23H42N3O11PS/c1-4-5-10-34-12-8-24-19(27)7-9-25-20(28)14-18(23(25)31)39-13-6-11-35-26-21(29)16(2)37-17(22(26)30)15-36-38(3,32)33/h16-18,21-22,29-30H,4-15H2,1-3H3,(H,24,27)(H,32,33). The third kappa shape index (κ3) is 11.7. The van der Waals surface area contributed by atoms with Crippen LogP contribution in [0.25, 0.3) is 0 Å². The fourth-order valence-corrected chi connectivity index (χ4v) is 5.34. The number of hydrogen-bond acceptors (Lipinski definition) is 12. The fraction of sp³-hybridized carbons (Fsp3) is 0.870. The van der Waals surface area contributed by atoms with E-state index in [1.165, 1.54) is 11.8 Å². The van der Waals surface area contributed by atoms with Crippen molar-refractivity contribution < 1.29 is 52.9 Å².